The molecular formula is C72H119NO63. The van der Waals surface area contributed by atoms with Crippen molar-refractivity contribution in [2.75, 3.05) is 59.5 Å². The van der Waals surface area contributed by atoms with Gasteiger partial charge in [0.1, 0.15) is 269 Å². The number of aliphatic hydroxyl groups excluding tert-OH is 35. The Labute approximate surface area is 762 Å². The van der Waals surface area contributed by atoms with Crippen molar-refractivity contribution in [2.45, 2.75) is 368 Å². The molecule has 0 spiro atoms. The van der Waals surface area contributed by atoms with Crippen LogP contribution >= 0.6 is 0 Å². The number of nitrogens with two attached hydrogens (primary N) is 1. The van der Waals surface area contributed by atoms with Crippen molar-refractivity contribution in [3.63, 3.8) is 0 Å². The summed E-state index contributed by atoms with van der Waals surface area (Å²) in [7, 11) is 0. The van der Waals surface area contributed by atoms with Crippen LogP contribution in [0.4, 0.5) is 0 Å². The molecule has 790 valence electrons. The number of carbonyl (C=O) groups is 3. The molecule has 0 aromatic carbocycles. The number of hydrogen-bond acceptors (Lipinski definition) is 61. The molecule has 0 aliphatic carbocycles. The lowest BCUT2D eigenvalue weighted by Crippen LogP contribution is -2.70. The predicted octanol–water partition coefficient (Wildman–Crippen LogP) is -27.5. The first kappa shape index (κ1) is 112. The molecule has 64 nitrogen and oxygen atoms in total. The molecule has 0 radical (unpaired) electrons. The molecule has 11 rings (SSSR count). The van der Waals surface area contributed by atoms with Crippen molar-refractivity contribution < 1.29 is 313 Å². The van der Waals surface area contributed by atoms with E-state index < -0.39 is 445 Å². The van der Waals surface area contributed by atoms with E-state index in [4.69, 9.17) is 105 Å². The Morgan fingerprint density at radius 2 is 0.632 bits per heavy atom. The summed E-state index contributed by atoms with van der Waals surface area (Å²) in [5.74, 6) is -9.73. The fraction of sp³-hybridized carbons (Fsp3) is 0.958. The molecule has 64 heteroatoms. The fourth-order valence-corrected chi connectivity index (χ4v) is 16.9. The van der Waals surface area contributed by atoms with Gasteiger partial charge in [0.15, 0.2) is 75.1 Å². The zero-order chi connectivity index (χ0) is 101. The molecule has 0 bridgehead atoms. The van der Waals surface area contributed by atoms with Gasteiger partial charge in [-0.3, -0.25) is 0 Å². The van der Waals surface area contributed by atoms with Crippen LogP contribution in [-0.4, -0.2) is 638 Å². The molecule has 11 heterocycles. The molecule has 0 unspecified atom stereocenters. The molecule has 136 heavy (non-hydrogen) atoms. The van der Waals surface area contributed by atoms with E-state index in [-0.39, 0.29) is 0 Å². The standard InChI is InChI=1S/C72H119NO63/c73-21-25(89)51(128-66-38(102)28(92)24(88)20(122-66)10-118-62-35(99)26(90)22(86)17(5-77)119-62)19(7-79)121-61(21)130-53-42(106)56(133-68-40(104)29(93)32(96)45(124-68)12(81)2-74)70(135-58(53)60(111)112)129-52-41(105)47(16(85)9-116-63-36(100)31(95)34(98)55(132-63)59(109)110)123-64(43(52)107)117-8-15(84)46-33(97)30(94)39(103)67(125-46)131-54-44(108)69(126-48-11(80)1-72(115,71(113)114)136-50(48)14(83)4-76)127-49(13(82)3-75)57(54)134-65-37(101)27(91)23(87)18(6-78)120-65/h11-58,61-70,74-108,115H,1-10,73H2,(H,109,110)(H,111,112)(H,113,114)/t11-,12-,13+,14-,15+,16-,17-,18-,19-,20-,21-,22+,23-,24-,25-,26+,27+,28+,29+,30+,31+,32+,33+,34-,35-,36-,37-,38-,39+,40+,41-,42+,43+,44+,45-,46-,47-,48+,49-,50-,51-,52+,53-,54-,55+,56-,57-,58+,61-,62+,63-,64+,65+,66-,67-,68-,69+,70-,72-/m1/s1. The Hall–Kier alpha value is -3.91. The Bertz CT molecular complexity index is 3720. The molecule has 0 aromatic heterocycles. The largest absolute Gasteiger partial charge is 0.479 e. The Kier molecular flexibility index (Phi) is 39.3. The highest BCUT2D eigenvalue weighted by atomic mass is 16.8. The first-order valence-electron chi connectivity index (χ1n) is 42.2. The third-order valence-electron chi connectivity index (χ3n) is 24.8. The van der Waals surface area contributed by atoms with Crippen molar-refractivity contribution in [1.29, 1.82) is 0 Å². The van der Waals surface area contributed by atoms with Gasteiger partial charge in [0.25, 0.3) is 5.79 Å². The molecule has 0 saturated carbocycles. The molecular weight excluding hydrogens is 1890 g/mol. The second kappa shape index (κ2) is 47.5. The quantitative estimate of drug-likeness (QED) is 0.0275. The summed E-state index contributed by atoms with van der Waals surface area (Å²) in [6.07, 6.45) is -138. The van der Waals surface area contributed by atoms with Gasteiger partial charge in [-0.05, 0) is 0 Å². The Balaban J connectivity index is 0.887. The van der Waals surface area contributed by atoms with Crippen LogP contribution in [-0.2, 0) is 114 Å². The molecule has 41 N–H and O–H groups in total. The lowest BCUT2D eigenvalue weighted by atomic mass is 9.91. The maximum atomic E-state index is 13.7. The van der Waals surface area contributed by atoms with Crippen LogP contribution in [0.2, 0.25) is 0 Å². The van der Waals surface area contributed by atoms with E-state index in [0.29, 0.717) is 0 Å². The van der Waals surface area contributed by atoms with Gasteiger partial charge in [-0.2, -0.15) is 0 Å². The summed E-state index contributed by atoms with van der Waals surface area (Å²) in [6, 6.07) is -2.17. The van der Waals surface area contributed by atoms with Crippen molar-refractivity contribution in [3.8, 4) is 0 Å². The first-order chi connectivity index (χ1) is 64.0. The first-order valence-corrected chi connectivity index (χ1v) is 42.2. The third kappa shape index (κ3) is 23.6. The minimum absolute atomic E-state index is 0.913. The van der Waals surface area contributed by atoms with E-state index in [9.17, 15) is 214 Å². The van der Waals surface area contributed by atoms with Gasteiger partial charge in [0.05, 0.1) is 71.6 Å². The maximum absolute atomic E-state index is 13.7. The van der Waals surface area contributed by atoms with Gasteiger partial charge in [-0.15, -0.1) is 0 Å². The molecule has 59 atom stereocenters. The lowest BCUT2D eigenvalue weighted by Gasteiger charge is -2.51. The summed E-state index contributed by atoms with van der Waals surface area (Å²) in [6.45, 7) is -11.3. The summed E-state index contributed by atoms with van der Waals surface area (Å²) < 4.78 is 119. The van der Waals surface area contributed by atoms with Crippen LogP contribution < -0.4 is 5.73 Å². The summed E-state index contributed by atoms with van der Waals surface area (Å²) in [5, 5.41) is 429. The SMILES string of the molecule is N[C@H]1[C@@H](O[C@@H]2[C@H](O)[C@@H](O[C@H]3O[C@H]([C@H](O)CO)[C@@H](O)[C@H](O)[C@@H]3O)[C@H](O[C@@H]3[C@H](O)[C@@H](OC[C@H](O)[C@H]4O[C@H](O[C@@H]5[C@H](O)[C@@H](O[C@@H]6[C@@H]([C@H](O)CO)O[C@@](O)(C(=O)O)C[C@H]6O)O[C@H]([C@@H](O)CO)[C@H]5O[C@@H]5O[C@H](CO)[C@@H](O)[C@H](O)[C@H]5O)[C@@H](O)[C@@H](O)[C@@H]4O)O[C@H]([C@H](O)CO[C@@H]4O[C@H](C(=O)O)[C@H](O)[C@H](O)[C@H]4O)[C@H]3O)O[C@@H]2C(=O)O)O[C@H](CO)[C@@H](O[C@H]2O[C@H](CO[C@H]3O[C@H](CO)[C@H](O)[C@H](O)[C@H]3O)[C@@H](O)[C@H](O)[C@H]2O)[C@@H]1O. The fourth-order valence-electron chi connectivity index (χ4n) is 16.9. The molecule has 11 aliphatic rings. The number of hydrogen-bond donors (Lipinski definition) is 40. The summed E-state index contributed by atoms with van der Waals surface area (Å²) in [4.78, 5) is 37.9. The molecule has 11 fully saturated rings. The van der Waals surface area contributed by atoms with E-state index in [1.165, 1.54) is 0 Å². The van der Waals surface area contributed by atoms with Crippen LogP contribution in [0.3, 0.4) is 0 Å². The minimum Gasteiger partial charge on any atom is -0.479 e. The molecule has 0 aromatic rings. The number of aliphatic hydroxyl groups is 36. The highest BCUT2D eigenvalue weighted by Gasteiger charge is 2.65. The average Bonchev–Trinajstić information content (AvgIpc) is 0.757. The van der Waals surface area contributed by atoms with Crippen LogP contribution in [0.5, 0.6) is 0 Å². The van der Waals surface area contributed by atoms with Crippen molar-refractivity contribution in [1.82, 2.24) is 0 Å². The van der Waals surface area contributed by atoms with E-state index >= 15 is 0 Å². The van der Waals surface area contributed by atoms with Gasteiger partial charge in [-0.25, -0.2) is 14.4 Å². The zero-order valence-electron chi connectivity index (χ0n) is 70.4. The summed E-state index contributed by atoms with van der Waals surface area (Å²) in [5.41, 5.74) is 6.43. The highest BCUT2D eigenvalue weighted by Crippen LogP contribution is 2.43. The third-order valence-corrected chi connectivity index (χ3v) is 24.8. The van der Waals surface area contributed by atoms with Gasteiger partial charge in [0, 0.05) is 6.42 Å². The average molecular weight is 2010 g/mol. The topological polar surface area (TPSA) is 1060 Å². The van der Waals surface area contributed by atoms with Crippen LogP contribution in [0.15, 0.2) is 0 Å². The number of aliphatic carboxylic acids is 3. The molecule has 0 amide bonds. The van der Waals surface area contributed by atoms with Crippen LogP contribution in [0, 0.1) is 0 Å². The minimum atomic E-state index is -3.35. The van der Waals surface area contributed by atoms with Crippen molar-refractivity contribution >= 4 is 17.9 Å². The number of carboxylic acid groups (broad SMARTS) is 3. The smallest absolute Gasteiger partial charge is 0.364 e. The second-order valence-corrected chi connectivity index (χ2v) is 34.0. The van der Waals surface area contributed by atoms with E-state index in [1.54, 1.807) is 0 Å². The van der Waals surface area contributed by atoms with Crippen molar-refractivity contribution in [3.05, 3.63) is 0 Å². The lowest BCUT2D eigenvalue weighted by molar-refractivity contribution is -0.405. The molecule has 11 aliphatic heterocycles. The summed E-state index contributed by atoms with van der Waals surface area (Å²) >= 11 is 0. The normalized spacial score (nSPS) is 50.6. The van der Waals surface area contributed by atoms with Crippen LogP contribution in [0.25, 0.3) is 0 Å². The Morgan fingerprint density at radius 1 is 0.287 bits per heavy atom. The maximum Gasteiger partial charge on any atom is 0.364 e. The van der Waals surface area contributed by atoms with E-state index in [0.717, 1.165) is 0 Å². The molecule has 11 saturated heterocycles. The zero-order valence-corrected chi connectivity index (χ0v) is 70.4. The van der Waals surface area contributed by atoms with Crippen molar-refractivity contribution in [2.24, 2.45) is 5.73 Å². The Morgan fingerprint density at radius 3 is 1.13 bits per heavy atom. The van der Waals surface area contributed by atoms with Gasteiger partial charge >= 0.3 is 17.9 Å². The van der Waals surface area contributed by atoms with Crippen LogP contribution in [0.1, 0.15) is 6.42 Å². The monoisotopic (exact) mass is 2010 g/mol. The van der Waals surface area contributed by atoms with Gasteiger partial charge < -0.3 is 304 Å². The highest BCUT2D eigenvalue weighted by molar-refractivity contribution is 5.75. The van der Waals surface area contributed by atoms with E-state index in [2.05, 4.69) is 0 Å². The van der Waals surface area contributed by atoms with Gasteiger partial charge in [0.2, 0.25) is 0 Å². The van der Waals surface area contributed by atoms with E-state index in [1.807, 2.05) is 0 Å². The number of ether oxygens (including phenoxy) is 21. The number of carboxylic acids is 3. The second-order valence-electron chi connectivity index (χ2n) is 34.0. The van der Waals surface area contributed by atoms with Gasteiger partial charge in [-0.1, -0.05) is 0 Å². The predicted molar refractivity (Wildman–Crippen MR) is 401 cm³/mol. The number of rotatable bonds is 37.